The number of benzene rings is 7. The zero-order chi connectivity index (χ0) is 51.3. The number of rotatable bonds is 22. The standard InChI is InChI=1S/C62H61NO11S/c1-42-31-33-48(34-32-42)75-62-53(63-59(65)49-29-17-18-30-50(49)60(63)66)57(55(69-37-45-23-11-4-12-24-45)52(73-62)41-68-36-44-21-9-3-10-22-44)74-61-54(64)58(71-39-47-27-15-6-16-28-47)56(70-38-46-25-13-5-14-26-46)51(72-61)40-67-35-43-19-7-2-8-20-43/h2-34,51-58,61-62,64H,35-41H2,1H3/t51-,52-,53-,54-,55-,56+,57-,58-,61+,62+/m1/s1. The molecule has 7 aromatic carbocycles. The minimum atomic E-state index is -1.49. The topological polar surface area (TPSA) is 131 Å². The second-order valence-corrected chi connectivity index (χ2v) is 20.1. The first-order chi connectivity index (χ1) is 36.9. The fourth-order valence-corrected chi connectivity index (χ4v) is 10.9. The van der Waals surface area contributed by atoms with Crippen molar-refractivity contribution in [2.75, 3.05) is 13.2 Å². The van der Waals surface area contributed by atoms with Crippen molar-refractivity contribution in [1.82, 2.24) is 4.90 Å². The Balaban J connectivity index is 1.06. The van der Waals surface area contributed by atoms with Gasteiger partial charge in [0.05, 0.1) is 57.4 Å². The van der Waals surface area contributed by atoms with E-state index in [1.165, 1.54) is 16.7 Å². The Morgan fingerprint density at radius 3 is 1.31 bits per heavy atom. The number of hydrogen-bond acceptors (Lipinski definition) is 12. The summed E-state index contributed by atoms with van der Waals surface area (Å²) in [5.41, 5.74) is 5.21. The number of fused-ring (bicyclic) bond motifs is 1. The molecule has 10 atom stereocenters. The molecule has 0 spiro atoms. The highest BCUT2D eigenvalue weighted by Gasteiger charge is 2.58. The van der Waals surface area contributed by atoms with Crippen molar-refractivity contribution in [3.05, 3.63) is 245 Å². The van der Waals surface area contributed by atoms with E-state index >= 15 is 0 Å². The quantitative estimate of drug-likeness (QED) is 0.0649. The van der Waals surface area contributed by atoms with E-state index < -0.39 is 72.3 Å². The number of aliphatic hydroxyl groups is 1. The lowest BCUT2D eigenvalue weighted by atomic mass is 9.94. The number of aryl methyl sites for hydroxylation is 1. The molecule has 10 rings (SSSR count). The van der Waals surface area contributed by atoms with Crippen molar-refractivity contribution in [3.8, 4) is 0 Å². The summed E-state index contributed by atoms with van der Waals surface area (Å²) in [6, 6.07) is 62.4. The molecule has 0 radical (unpaired) electrons. The van der Waals surface area contributed by atoms with Crippen molar-refractivity contribution < 1.29 is 52.6 Å². The lowest BCUT2D eigenvalue weighted by Gasteiger charge is -2.51. The number of carbonyl (C=O) groups is 2. The van der Waals surface area contributed by atoms with Gasteiger partial charge in [0, 0.05) is 4.90 Å². The molecule has 0 unspecified atom stereocenters. The third kappa shape index (κ3) is 13.0. The zero-order valence-electron chi connectivity index (χ0n) is 41.7. The average Bonchev–Trinajstić information content (AvgIpc) is 3.71. The molecule has 1 N–H and O–H groups in total. The van der Waals surface area contributed by atoms with E-state index in [9.17, 15) is 14.7 Å². The highest BCUT2D eigenvalue weighted by atomic mass is 32.2. The van der Waals surface area contributed by atoms with Crippen molar-refractivity contribution >= 4 is 23.6 Å². The molecule has 3 heterocycles. The number of thioether (sulfide) groups is 1. The Bertz CT molecular complexity index is 2850. The summed E-state index contributed by atoms with van der Waals surface area (Å²) in [5.74, 6) is -1.02. The second-order valence-electron chi connectivity index (χ2n) is 18.9. The van der Waals surface area contributed by atoms with Crippen molar-refractivity contribution in [1.29, 1.82) is 0 Å². The van der Waals surface area contributed by atoms with Crippen LogP contribution in [0.1, 0.15) is 54.1 Å². The SMILES string of the molecule is Cc1ccc(S[C@@H]2O[C@H](COCc3ccccc3)[C@@H](OCc3ccccc3)[C@H](O[C@@H]3O[C@H](COCc4ccccc4)[C@H](OCc4ccccc4)[C@H](OCc4ccccc4)[C@H]3O)[C@H]2N2C(=O)c3ccccc3C2=O)cc1. The number of nitrogens with zero attached hydrogens (tertiary/aromatic N) is 1. The van der Waals surface area contributed by atoms with Crippen molar-refractivity contribution in [3.63, 3.8) is 0 Å². The Labute approximate surface area is 442 Å². The molecule has 3 aliphatic heterocycles. The maximum atomic E-state index is 14.9. The molecule has 0 saturated carbocycles. The van der Waals surface area contributed by atoms with E-state index in [1.54, 1.807) is 24.3 Å². The number of hydrogen-bond donors (Lipinski definition) is 1. The summed E-state index contributed by atoms with van der Waals surface area (Å²) in [7, 11) is 0. The lowest BCUT2D eigenvalue weighted by Crippen LogP contribution is -2.68. The number of imide groups is 1. The molecule has 2 saturated heterocycles. The molecule has 75 heavy (non-hydrogen) atoms. The molecule has 0 aliphatic carbocycles. The van der Waals surface area contributed by atoms with E-state index in [-0.39, 0.29) is 57.4 Å². The van der Waals surface area contributed by atoms with Gasteiger partial charge in [-0.2, -0.15) is 0 Å². The van der Waals surface area contributed by atoms with Crippen LogP contribution in [0, 0.1) is 6.92 Å². The molecule has 13 heteroatoms. The van der Waals surface area contributed by atoms with Crippen LogP contribution < -0.4 is 0 Å². The Hall–Kier alpha value is -6.33. The minimum absolute atomic E-state index is 0.0253. The molecule has 386 valence electrons. The molecule has 0 bridgehead atoms. The number of ether oxygens (including phenoxy) is 8. The number of carbonyl (C=O) groups excluding carboxylic acids is 2. The summed E-state index contributed by atoms with van der Waals surface area (Å²) >= 11 is 1.36. The third-order valence-corrected chi connectivity index (χ3v) is 14.7. The molecular formula is C62H61NO11S. The van der Waals surface area contributed by atoms with E-state index in [0.29, 0.717) is 0 Å². The summed E-state index contributed by atoms with van der Waals surface area (Å²) in [5, 5.41) is 12.9. The van der Waals surface area contributed by atoms with Gasteiger partial charge in [-0.25, -0.2) is 0 Å². The largest absolute Gasteiger partial charge is 0.385 e. The normalized spacial score (nSPS) is 24.5. The van der Waals surface area contributed by atoms with Crippen LogP contribution in [0.15, 0.2) is 205 Å². The number of amides is 2. The smallest absolute Gasteiger partial charge is 0.262 e. The van der Waals surface area contributed by atoms with Gasteiger partial charge in [0.25, 0.3) is 11.8 Å². The Morgan fingerprint density at radius 2 is 0.853 bits per heavy atom. The summed E-state index contributed by atoms with van der Waals surface area (Å²) < 4.78 is 54.9. The van der Waals surface area contributed by atoms with Crippen LogP contribution in [0.4, 0.5) is 0 Å². The van der Waals surface area contributed by atoms with Crippen LogP contribution in [0.2, 0.25) is 0 Å². The molecular weight excluding hydrogens is 967 g/mol. The zero-order valence-corrected chi connectivity index (χ0v) is 42.5. The van der Waals surface area contributed by atoms with E-state index in [2.05, 4.69) is 0 Å². The monoisotopic (exact) mass is 1030 g/mol. The van der Waals surface area contributed by atoms with Crippen LogP contribution in [0.25, 0.3) is 0 Å². The van der Waals surface area contributed by atoms with E-state index in [0.717, 1.165) is 38.3 Å². The fourth-order valence-electron chi connectivity index (χ4n) is 9.70. The molecule has 3 aliphatic rings. The Morgan fingerprint density at radius 1 is 0.467 bits per heavy atom. The highest BCUT2D eigenvalue weighted by molar-refractivity contribution is 7.99. The van der Waals surface area contributed by atoms with Crippen molar-refractivity contribution in [2.45, 2.75) is 105 Å². The predicted molar refractivity (Wildman–Crippen MR) is 283 cm³/mol. The Kier molecular flexibility index (Phi) is 17.7. The van der Waals surface area contributed by atoms with Crippen LogP contribution in [0.5, 0.6) is 0 Å². The molecule has 0 aromatic heterocycles. The second kappa shape index (κ2) is 25.5. The molecule has 2 fully saturated rings. The van der Waals surface area contributed by atoms with Crippen LogP contribution >= 0.6 is 11.8 Å². The van der Waals surface area contributed by atoms with Crippen molar-refractivity contribution in [2.24, 2.45) is 0 Å². The first kappa shape index (κ1) is 52.1. The molecule has 2 amide bonds. The van der Waals surface area contributed by atoms with Gasteiger partial charge >= 0.3 is 0 Å². The molecule has 7 aromatic rings. The van der Waals surface area contributed by atoms with Crippen LogP contribution in [-0.4, -0.2) is 95.5 Å². The summed E-state index contributed by atoms with van der Waals surface area (Å²) in [6.07, 6.45) is -8.78. The van der Waals surface area contributed by atoms with Gasteiger partial charge in [-0.05, 0) is 59.0 Å². The average molecular weight is 1030 g/mol. The maximum absolute atomic E-state index is 14.9. The summed E-state index contributed by atoms with van der Waals surface area (Å²) in [6.45, 7) is 3.05. The van der Waals surface area contributed by atoms with E-state index in [4.69, 9.17) is 37.9 Å². The fraction of sp³-hybridized carbons (Fsp3) is 0.290. The highest BCUT2D eigenvalue weighted by Crippen LogP contribution is 2.43. The first-order valence-electron chi connectivity index (χ1n) is 25.4. The van der Waals surface area contributed by atoms with Gasteiger partial charge in [-0.15, -0.1) is 0 Å². The predicted octanol–water partition coefficient (Wildman–Crippen LogP) is 10.1. The first-order valence-corrected chi connectivity index (χ1v) is 26.3. The molecule has 12 nitrogen and oxygen atoms in total. The van der Waals surface area contributed by atoms with Gasteiger partial charge in [0.2, 0.25) is 0 Å². The van der Waals surface area contributed by atoms with Crippen LogP contribution in [-0.2, 0) is 70.9 Å². The van der Waals surface area contributed by atoms with Crippen LogP contribution in [0.3, 0.4) is 0 Å². The van der Waals surface area contributed by atoms with Gasteiger partial charge in [-0.3, -0.25) is 14.5 Å². The third-order valence-electron chi connectivity index (χ3n) is 13.6. The van der Waals surface area contributed by atoms with Gasteiger partial charge in [0.1, 0.15) is 54.2 Å². The number of aliphatic hydroxyl groups excluding tert-OH is 1. The van der Waals surface area contributed by atoms with E-state index in [1.807, 2.05) is 183 Å². The van der Waals surface area contributed by atoms with Gasteiger partial charge in [-0.1, -0.05) is 193 Å². The lowest BCUT2D eigenvalue weighted by molar-refractivity contribution is -0.346. The van der Waals surface area contributed by atoms with Gasteiger partial charge < -0.3 is 43.0 Å². The minimum Gasteiger partial charge on any atom is -0.385 e. The maximum Gasteiger partial charge on any atom is 0.262 e. The summed E-state index contributed by atoms with van der Waals surface area (Å²) in [4.78, 5) is 31.9. The van der Waals surface area contributed by atoms with Gasteiger partial charge in [0.15, 0.2) is 6.29 Å².